The molecule has 2 aromatic rings. The Bertz CT molecular complexity index is 4620. The summed E-state index contributed by atoms with van der Waals surface area (Å²) >= 11 is 0. The second-order valence-corrected chi connectivity index (χ2v) is 34.6. The maximum Gasteiger partial charge on any atom is 0.336 e. The summed E-state index contributed by atoms with van der Waals surface area (Å²) in [5, 5.41) is 0. The smallest absolute Gasteiger partial charge is 0.336 e. The lowest BCUT2D eigenvalue weighted by Gasteiger charge is -2.43. The molecule has 21 aliphatic rings. The van der Waals surface area contributed by atoms with E-state index in [0.29, 0.717) is 177 Å². The van der Waals surface area contributed by atoms with Gasteiger partial charge in [0.1, 0.15) is 36.6 Å². The Labute approximate surface area is 724 Å². The Morgan fingerprint density at radius 2 is 0.457 bits per heavy atom. The fraction of sp³-hybridized carbons (Fsp3) is 0.734. The maximum absolute atomic E-state index is 13.2. The number of epoxide rings is 15. The van der Waals surface area contributed by atoms with E-state index in [0.717, 1.165) is 27.4 Å². The van der Waals surface area contributed by atoms with Crippen molar-refractivity contribution in [2.24, 2.45) is 5.41 Å². The number of allylic oxidation sites excluding steroid dienone is 1. The van der Waals surface area contributed by atoms with Crippen LogP contribution in [-0.2, 0) is 125 Å². The zero-order valence-electron chi connectivity index (χ0n) is 70.6. The lowest BCUT2D eigenvalue weighted by molar-refractivity contribution is -0.159. The number of hydrogen-bond donors (Lipinski definition) is 0. The van der Waals surface area contributed by atoms with Gasteiger partial charge in [0, 0.05) is 13.1 Å². The fourth-order valence-electron chi connectivity index (χ4n) is 16.5. The first-order chi connectivity index (χ1) is 61.3. The van der Waals surface area contributed by atoms with Gasteiger partial charge in [-0.15, -0.1) is 19.7 Å². The van der Waals surface area contributed by atoms with Crippen LogP contribution in [0.2, 0.25) is 0 Å². The Hall–Kier alpha value is -9.93. The van der Waals surface area contributed by atoms with Crippen molar-refractivity contribution in [3.63, 3.8) is 0 Å². The first kappa shape index (κ1) is 87.7. The average molecular weight is 1790 g/mol. The molecule has 0 aromatic carbocycles. The van der Waals surface area contributed by atoms with Gasteiger partial charge >= 0.3 is 70.3 Å². The lowest BCUT2D eigenvalue weighted by atomic mass is 9.78. The highest BCUT2D eigenvalue weighted by atomic mass is 16.6. The average Bonchev–Trinajstić information content (AvgIpc) is 1.56. The lowest BCUT2D eigenvalue weighted by Crippen LogP contribution is -2.66. The minimum Gasteiger partial charge on any atom is -0.371 e. The number of carbonyl (C=O) groups excluding carboxylic acids is 9. The summed E-state index contributed by atoms with van der Waals surface area (Å²) in [4.78, 5) is 206. The van der Waals surface area contributed by atoms with E-state index in [1.807, 2.05) is 13.8 Å². The van der Waals surface area contributed by atoms with Crippen LogP contribution < -0.4 is 34.1 Å². The standard InChI is InChI=1S/C16H22N4O6.C16H22N4O4.C14H20N2O5.C12H15N3O6.C12H15N3O5.C9H12N2O4/c21-15-17(1-9-5-23-9)13-14(19(15)3-11-7-25-11)20(4-12-8-26-12)16(22)18(13)2-10-6-24-10;1-3-5-17-13-14(18(6-4-2)15(17)21)20(8-12-10-24-12)16(22)19(13)7-11-9-23-11;1-3-14(4-2)11(17)15(5-9-7-20-9)13(19)16(12(14)18)6-10-8-21-10;16-10-13(1-7-4-19-7)11(17)15(3-9-6-21-9)12(18)14(10)2-8-5-20-8;1-2-3-13-10(16)14(4-8-6-19-8)12(18)15(11(13)17)5-9-7-20-9;12-8-3-10(1-6-4-14-6)9(13)11(8)2-7-5-15-7/h9-14H,1-8H2;3-4,11-14H,1-2,5-10H2;9-10H,3-8H2,1-2H3;7-9H,1-6H2;2,8-9H,1,3-7H2;6-7H,1-5H2. The van der Waals surface area contributed by atoms with Crippen LogP contribution in [0.4, 0.5) is 28.8 Å². The quantitative estimate of drug-likeness (QED) is 0.0261. The van der Waals surface area contributed by atoms with E-state index < -0.39 is 45.6 Å². The van der Waals surface area contributed by atoms with Gasteiger partial charge in [0.25, 0.3) is 0 Å². The van der Waals surface area contributed by atoms with Crippen LogP contribution in [-0.4, -0.2) is 441 Å². The summed E-state index contributed by atoms with van der Waals surface area (Å²) in [6, 6.07) is -0.976. The van der Waals surface area contributed by atoms with E-state index in [1.54, 1.807) is 56.3 Å². The predicted molar refractivity (Wildman–Crippen MR) is 426 cm³/mol. The number of imide groups is 3. The van der Waals surface area contributed by atoms with E-state index in [9.17, 15) is 71.9 Å². The molecular formula is C79H106N18O30. The molecule has 23 heterocycles. The third-order valence-corrected chi connectivity index (χ3v) is 24.8. The molecule has 15 amide bonds. The first-order valence-electron chi connectivity index (χ1n) is 43.4. The molecular weight excluding hydrogens is 1680 g/mol. The molecule has 17 unspecified atom stereocenters. The number of carbonyl (C=O) groups is 9. The third kappa shape index (κ3) is 20.1. The van der Waals surface area contributed by atoms with Crippen molar-refractivity contribution in [2.75, 3.05) is 184 Å². The Balaban J connectivity index is 0.000000104. The van der Waals surface area contributed by atoms with Crippen molar-refractivity contribution >= 4 is 53.9 Å². The first-order valence-corrected chi connectivity index (χ1v) is 43.4. The van der Waals surface area contributed by atoms with Crippen LogP contribution in [0.5, 0.6) is 0 Å². The zero-order valence-corrected chi connectivity index (χ0v) is 70.6. The Kier molecular flexibility index (Phi) is 25.0. The van der Waals surface area contributed by atoms with Crippen LogP contribution in [0.1, 0.15) is 26.7 Å². The summed E-state index contributed by atoms with van der Waals surface area (Å²) in [5.41, 5.74) is -4.76. The number of ether oxygens (including phenoxy) is 15. The highest BCUT2D eigenvalue weighted by molar-refractivity contribution is 6.19. The van der Waals surface area contributed by atoms with E-state index in [1.165, 1.54) is 20.8 Å². The van der Waals surface area contributed by atoms with Crippen LogP contribution in [0.15, 0.2) is 66.7 Å². The van der Waals surface area contributed by atoms with Gasteiger partial charge in [-0.3, -0.25) is 68.3 Å². The molecule has 692 valence electrons. The van der Waals surface area contributed by atoms with Gasteiger partial charge in [-0.2, -0.15) is 0 Å². The molecule has 127 heavy (non-hydrogen) atoms. The number of hydrogen-bond acceptors (Lipinski definition) is 30. The van der Waals surface area contributed by atoms with E-state index in [-0.39, 0.29) is 223 Å². The summed E-state index contributed by atoms with van der Waals surface area (Å²) in [6.07, 6.45) is 4.20. The van der Waals surface area contributed by atoms with Crippen LogP contribution >= 0.6 is 0 Å². The van der Waals surface area contributed by atoms with Gasteiger partial charge in [0.05, 0.1) is 295 Å². The molecule has 2 aromatic heterocycles. The van der Waals surface area contributed by atoms with Crippen LogP contribution in [0, 0.1) is 5.41 Å². The monoisotopic (exact) mass is 1790 g/mol. The number of barbiturate groups is 1. The number of urea groups is 6. The summed E-state index contributed by atoms with van der Waals surface area (Å²) in [6.45, 7) is 30.2. The van der Waals surface area contributed by atoms with Gasteiger partial charge in [-0.05, 0) is 12.8 Å². The second kappa shape index (κ2) is 36.2. The molecule has 21 aliphatic heterocycles. The molecule has 0 spiro atoms. The van der Waals surface area contributed by atoms with Gasteiger partial charge in [-0.25, -0.2) is 84.9 Å². The molecule has 23 rings (SSSR count). The van der Waals surface area contributed by atoms with E-state index >= 15 is 0 Å². The number of aromatic nitrogens is 6. The van der Waals surface area contributed by atoms with Crippen molar-refractivity contribution < 1.29 is 114 Å². The van der Waals surface area contributed by atoms with Crippen molar-refractivity contribution in [3.05, 3.63) is 101 Å². The molecule has 48 nitrogen and oxygen atoms in total. The zero-order chi connectivity index (χ0) is 88.7. The summed E-state index contributed by atoms with van der Waals surface area (Å²) in [7, 11) is 0. The Morgan fingerprint density at radius 1 is 0.252 bits per heavy atom. The molecule has 48 heteroatoms. The minimum atomic E-state index is -1.13. The highest BCUT2D eigenvalue weighted by Gasteiger charge is 2.64. The minimum absolute atomic E-state index is 0.0399. The normalized spacial score (nSPS) is 32.8. The van der Waals surface area contributed by atoms with E-state index in [2.05, 4.69) is 19.7 Å². The molecule has 0 bridgehead atoms. The largest absolute Gasteiger partial charge is 0.371 e. The summed E-state index contributed by atoms with van der Waals surface area (Å²) < 4.78 is 83.9. The second-order valence-electron chi connectivity index (χ2n) is 34.6. The molecule has 0 radical (unpaired) electrons. The topological polar surface area (TPSA) is 512 Å². The number of rotatable bonds is 38. The van der Waals surface area contributed by atoms with Gasteiger partial charge in [0.15, 0.2) is 0 Å². The molecule has 0 aliphatic carbocycles. The van der Waals surface area contributed by atoms with Crippen molar-refractivity contribution in [1.29, 1.82) is 0 Å². The maximum atomic E-state index is 13.2. The number of fused-ring (bicyclic) bond motifs is 2. The van der Waals surface area contributed by atoms with Crippen molar-refractivity contribution in [1.82, 2.24) is 86.2 Å². The Morgan fingerprint density at radius 3 is 0.693 bits per heavy atom. The number of amides is 15. The highest BCUT2D eigenvalue weighted by Crippen LogP contribution is 2.42. The van der Waals surface area contributed by atoms with Gasteiger partial charge in [0.2, 0.25) is 17.7 Å². The van der Waals surface area contributed by atoms with Gasteiger partial charge < -0.3 is 76.0 Å². The predicted octanol–water partition coefficient (Wildman–Crippen LogP) is -6.05. The molecule has 0 saturated carbocycles. The summed E-state index contributed by atoms with van der Waals surface area (Å²) in [5.74, 6) is -0.895. The number of nitrogens with zero attached hydrogens (tertiary/aromatic N) is 18. The third-order valence-electron chi connectivity index (χ3n) is 24.8. The molecule has 21 saturated heterocycles. The molecule has 17 atom stereocenters. The van der Waals surface area contributed by atoms with Crippen molar-refractivity contribution in [2.45, 2.75) is 182 Å². The SMILES string of the molecule is C=CCN1C(=O)N(CC=C)C2C1N(CC1CO1)C(=O)N2CC1CO1.C=CCn1c(=O)n(CC2CO2)c(=O)n(CC2CO2)c1=O.CCC1(CC)C(=O)N(CC2CO2)C(=O)N(CC2CO2)C1=O.O=C1CN(CC2CO2)C(=O)N1CC1CO1.O=C1N(CC2CO2)C2C(N1CC1CO1)N(CC1CO1)C(=O)N2CC1CO1.O=c1n(CC2CO2)c(=O)n(CC2CO2)c(=O)n1CC1CO1. The van der Waals surface area contributed by atoms with Crippen LogP contribution in [0.3, 0.4) is 0 Å². The van der Waals surface area contributed by atoms with Gasteiger partial charge in [-0.1, -0.05) is 32.1 Å². The fourth-order valence-corrected chi connectivity index (χ4v) is 16.5. The molecule has 0 N–H and O–H groups in total. The molecule has 21 fully saturated rings. The van der Waals surface area contributed by atoms with Crippen molar-refractivity contribution in [3.8, 4) is 0 Å². The van der Waals surface area contributed by atoms with E-state index in [4.69, 9.17) is 71.1 Å². The van der Waals surface area contributed by atoms with Crippen LogP contribution in [0.25, 0.3) is 0 Å².